The van der Waals surface area contributed by atoms with Crippen molar-refractivity contribution < 1.29 is 13.5 Å². The number of nitrogens with zero attached hydrogens (tertiary/aromatic N) is 1. The number of hydrogen-bond donors (Lipinski definition) is 1. The van der Waals surface area contributed by atoms with E-state index in [1.54, 1.807) is 11.3 Å². The minimum Gasteiger partial charge on any atom is -0.375 e. The molecule has 1 aromatic heterocycles. The molecular formula is C12H20F2N2OS. The van der Waals surface area contributed by atoms with Crippen molar-refractivity contribution in [1.82, 2.24) is 10.3 Å². The molecule has 0 spiro atoms. The SMILES string of the molecule is CCNC(CCOCC(F)F)Cc1csc(C)n1. The Morgan fingerprint density at radius 1 is 1.50 bits per heavy atom. The van der Waals surface area contributed by atoms with Gasteiger partial charge in [0, 0.05) is 24.4 Å². The molecule has 0 saturated carbocycles. The van der Waals surface area contributed by atoms with Gasteiger partial charge in [0.05, 0.1) is 10.7 Å². The van der Waals surface area contributed by atoms with E-state index < -0.39 is 13.0 Å². The monoisotopic (exact) mass is 278 g/mol. The number of nitrogens with one attached hydrogen (secondary N) is 1. The van der Waals surface area contributed by atoms with Crippen molar-refractivity contribution in [2.45, 2.75) is 39.2 Å². The Kier molecular flexibility index (Phi) is 7.31. The van der Waals surface area contributed by atoms with E-state index >= 15 is 0 Å². The predicted molar refractivity (Wildman–Crippen MR) is 69.5 cm³/mol. The standard InChI is InChI=1S/C12H20F2N2OS/c1-3-15-10(4-5-17-7-12(13)14)6-11-8-18-9(2)16-11/h8,10,12,15H,3-7H2,1-2H3. The van der Waals surface area contributed by atoms with E-state index in [-0.39, 0.29) is 6.04 Å². The van der Waals surface area contributed by atoms with Gasteiger partial charge < -0.3 is 10.1 Å². The van der Waals surface area contributed by atoms with Crippen LogP contribution in [-0.4, -0.2) is 37.2 Å². The number of ether oxygens (including phenoxy) is 1. The highest BCUT2D eigenvalue weighted by molar-refractivity contribution is 7.09. The van der Waals surface area contributed by atoms with Crippen LogP contribution in [0.15, 0.2) is 5.38 Å². The van der Waals surface area contributed by atoms with Gasteiger partial charge in [-0.25, -0.2) is 13.8 Å². The molecule has 0 fully saturated rings. The van der Waals surface area contributed by atoms with Gasteiger partial charge >= 0.3 is 0 Å². The van der Waals surface area contributed by atoms with Gasteiger partial charge in [-0.3, -0.25) is 0 Å². The van der Waals surface area contributed by atoms with E-state index in [2.05, 4.69) is 10.3 Å². The van der Waals surface area contributed by atoms with Gasteiger partial charge in [-0.1, -0.05) is 6.92 Å². The molecule has 6 heteroatoms. The molecule has 1 rings (SSSR count). The molecule has 1 N–H and O–H groups in total. The number of rotatable bonds is 9. The summed E-state index contributed by atoms with van der Waals surface area (Å²) < 4.78 is 28.7. The first-order chi connectivity index (χ1) is 8.61. The maximum atomic E-state index is 11.9. The fourth-order valence-electron chi connectivity index (χ4n) is 1.72. The zero-order valence-corrected chi connectivity index (χ0v) is 11.6. The highest BCUT2D eigenvalue weighted by atomic mass is 32.1. The van der Waals surface area contributed by atoms with Crippen molar-refractivity contribution in [2.75, 3.05) is 19.8 Å². The van der Waals surface area contributed by atoms with E-state index in [4.69, 9.17) is 4.74 Å². The van der Waals surface area contributed by atoms with Crippen molar-refractivity contribution in [3.05, 3.63) is 16.1 Å². The van der Waals surface area contributed by atoms with Gasteiger partial charge in [-0.15, -0.1) is 11.3 Å². The van der Waals surface area contributed by atoms with E-state index in [1.165, 1.54) is 0 Å². The van der Waals surface area contributed by atoms with Crippen LogP contribution >= 0.6 is 11.3 Å². The summed E-state index contributed by atoms with van der Waals surface area (Å²) in [6.45, 7) is 4.73. The van der Waals surface area contributed by atoms with Crippen molar-refractivity contribution in [3.63, 3.8) is 0 Å². The lowest BCUT2D eigenvalue weighted by molar-refractivity contribution is 0.0144. The van der Waals surface area contributed by atoms with Crippen LogP contribution in [0, 0.1) is 6.92 Å². The number of hydrogen-bond acceptors (Lipinski definition) is 4. The summed E-state index contributed by atoms with van der Waals surface area (Å²) in [5.74, 6) is 0. The largest absolute Gasteiger partial charge is 0.375 e. The molecule has 0 radical (unpaired) electrons. The molecule has 0 aliphatic heterocycles. The molecule has 0 amide bonds. The number of likely N-dealkylation sites (N-methyl/N-ethyl adjacent to an activating group) is 1. The highest BCUT2D eigenvalue weighted by Crippen LogP contribution is 2.11. The van der Waals surface area contributed by atoms with Crippen molar-refractivity contribution in [3.8, 4) is 0 Å². The Labute approximate surface area is 111 Å². The average Bonchev–Trinajstić information content (AvgIpc) is 2.70. The minimum atomic E-state index is -2.39. The van der Waals surface area contributed by atoms with Crippen molar-refractivity contribution in [2.24, 2.45) is 0 Å². The number of aryl methyl sites for hydroxylation is 1. The van der Waals surface area contributed by atoms with Gasteiger partial charge in [-0.2, -0.15) is 0 Å². The zero-order chi connectivity index (χ0) is 13.4. The Morgan fingerprint density at radius 2 is 2.28 bits per heavy atom. The number of aromatic nitrogens is 1. The smallest absolute Gasteiger partial charge is 0.261 e. The molecule has 0 aromatic carbocycles. The third-order valence-corrected chi connectivity index (χ3v) is 3.29. The minimum absolute atomic E-state index is 0.231. The predicted octanol–water partition coefficient (Wildman–Crippen LogP) is 2.64. The van der Waals surface area contributed by atoms with Gasteiger partial charge in [0.25, 0.3) is 6.43 Å². The summed E-state index contributed by atoms with van der Waals surface area (Å²) in [5.41, 5.74) is 1.05. The first-order valence-corrected chi connectivity index (χ1v) is 7.00. The number of alkyl halides is 2. The molecule has 1 unspecified atom stereocenters. The summed E-state index contributed by atoms with van der Waals surface area (Å²) in [6, 6.07) is 0.231. The summed E-state index contributed by atoms with van der Waals surface area (Å²) in [7, 11) is 0. The van der Waals surface area contributed by atoms with E-state index in [0.29, 0.717) is 6.61 Å². The fraction of sp³-hybridized carbons (Fsp3) is 0.750. The van der Waals surface area contributed by atoms with Crippen LogP contribution in [0.1, 0.15) is 24.0 Å². The molecule has 0 saturated heterocycles. The second-order valence-corrected chi connectivity index (χ2v) is 5.13. The van der Waals surface area contributed by atoms with Crippen molar-refractivity contribution >= 4 is 11.3 Å². The third-order valence-electron chi connectivity index (χ3n) is 2.47. The topological polar surface area (TPSA) is 34.1 Å². The molecule has 3 nitrogen and oxygen atoms in total. The summed E-state index contributed by atoms with van der Waals surface area (Å²) >= 11 is 1.63. The lowest BCUT2D eigenvalue weighted by atomic mass is 10.1. The maximum Gasteiger partial charge on any atom is 0.261 e. The molecule has 0 bridgehead atoms. The third kappa shape index (κ3) is 6.37. The molecule has 104 valence electrons. The zero-order valence-electron chi connectivity index (χ0n) is 10.8. The van der Waals surface area contributed by atoms with Crippen LogP contribution in [0.25, 0.3) is 0 Å². The molecule has 1 atom stereocenters. The summed E-state index contributed by atoms with van der Waals surface area (Å²) in [6.07, 6.45) is -0.850. The number of thiazole rings is 1. The molecule has 0 aliphatic rings. The first kappa shape index (κ1) is 15.5. The maximum absolute atomic E-state index is 11.9. The van der Waals surface area contributed by atoms with Crippen LogP contribution in [0.5, 0.6) is 0 Å². The van der Waals surface area contributed by atoms with Crippen molar-refractivity contribution in [1.29, 1.82) is 0 Å². The highest BCUT2D eigenvalue weighted by Gasteiger charge is 2.11. The second-order valence-electron chi connectivity index (χ2n) is 4.07. The van der Waals surface area contributed by atoms with Gasteiger partial charge in [-0.05, 0) is 19.9 Å². The summed E-state index contributed by atoms with van der Waals surface area (Å²) in [4.78, 5) is 4.41. The van der Waals surface area contributed by atoms with Gasteiger partial charge in [0.2, 0.25) is 0 Å². The van der Waals surface area contributed by atoms with Gasteiger partial charge in [0.1, 0.15) is 6.61 Å². The quantitative estimate of drug-likeness (QED) is 0.705. The molecular weight excluding hydrogens is 258 g/mol. The Morgan fingerprint density at radius 3 is 2.83 bits per heavy atom. The van der Waals surface area contributed by atoms with E-state index in [9.17, 15) is 8.78 Å². The number of halogens is 2. The Bertz CT molecular complexity index is 334. The second kappa shape index (κ2) is 8.50. The summed E-state index contributed by atoms with van der Waals surface area (Å²) in [5, 5.41) is 6.42. The molecule has 18 heavy (non-hydrogen) atoms. The Balaban J connectivity index is 2.30. The van der Waals surface area contributed by atoms with E-state index in [1.807, 2.05) is 19.2 Å². The Hall–Kier alpha value is -0.590. The van der Waals surface area contributed by atoms with Gasteiger partial charge in [0.15, 0.2) is 0 Å². The normalized spacial score (nSPS) is 13.2. The average molecular weight is 278 g/mol. The van der Waals surface area contributed by atoms with Crippen LogP contribution in [-0.2, 0) is 11.2 Å². The van der Waals surface area contributed by atoms with Crippen LogP contribution in [0.4, 0.5) is 8.78 Å². The molecule has 1 aromatic rings. The molecule has 0 aliphatic carbocycles. The van der Waals surface area contributed by atoms with Crippen LogP contribution in [0.2, 0.25) is 0 Å². The van der Waals surface area contributed by atoms with Crippen LogP contribution < -0.4 is 5.32 Å². The molecule has 1 heterocycles. The van der Waals surface area contributed by atoms with E-state index in [0.717, 1.165) is 30.1 Å². The van der Waals surface area contributed by atoms with Crippen LogP contribution in [0.3, 0.4) is 0 Å². The lowest BCUT2D eigenvalue weighted by Gasteiger charge is -2.16. The fourth-order valence-corrected chi connectivity index (χ4v) is 2.34. The first-order valence-electron chi connectivity index (χ1n) is 6.12. The lowest BCUT2D eigenvalue weighted by Crippen LogP contribution is -2.32.